The summed E-state index contributed by atoms with van der Waals surface area (Å²) in [6, 6.07) is 2.62. The maximum Gasteiger partial charge on any atom is 0.394 e. The molecular weight excluding hydrogens is 402 g/mol. The van der Waals surface area contributed by atoms with Crippen molar-refractivity contribution < 1.29 is 27.2 Å². The molecule has 3 amide bonds. The van der Waals surface area contributed by atoms with E-state index < -0.39 is 34.9 Å². The van der Waals surface area contributed by atoms with E-state index in [4.69, 9.17) is 11.6 Å². The van der Waals surface area contributed by atoms with Crippen molar-refractivity contribution in [1.29, 1.82) is 0 Å². The highest BCUT2D eigenvalue weighted by atomic mass is 35.5. The molecule has 3 saturated carbocycles. The van der Waals surface area contributed by atoms with Gasteiger partial charge in [0.25, 0.3) is 0 Å². The van der Waals surface area contributed by atoms with Crippen LogP contribution in [0.4, 0.5) is 22.4 Å². The van der Waals surface area contributed by atoms with E-state index >= 15 is 0 Å². The molecule has 10 heteroatoms. The zero-order valence-corrected chi connectivity index (χ0v) is 15.5. The smallest absolute Gasteiger partial charge is 0.353 e. The van der Waals surface area contributed by atoms with E-state index in [0.717, 1.165) is 6.07 Å². The maximum absolute atomic E-state index is 13.6. The molecule has 0 radical (unpaired) electrons. The van der Waals surface area contributed by atoms with Crippen molar-refractivity contribution in [3.8, 4) is 0 Å². The van der Waals surface area contributed by atoms with Crippen LogP contribution < -0.4 is 10.6 Å². The Hall–Kier alpha value is -2.03. The fourth-order valence-electron chi connectivity index (χ4n) is 4.78. The first-order chi connectivity index (χ1) is 13.1. The van der Waals surface area contributed by atoms with Crippen LogP contribution in [-0.2, 0) is 4.79 Å². The molecule has 4 fully saturated rings. The lowest BCUT2D eigenvalue weighted by molar-refractivity contribution is -0.370. The molecule has 1 saturated heterocycles. The van der Waals surface area contributed by atoms with Gasteiger partial charge in [-0.3, -0.25) is 4.79 Å². The monoisotopic (exact) mass is 419 g/mol. The molecular formula is C18H18ClF4N3O2. The molecule has 5 rings (SSSR count). The summed E-state index contributed by atoms with van der Waals surface area (Å²) in [7, 11) is 0. The van der Waals surface area contributed by atoms with Crippen LogP contribution in [0, 0.1) is 16.6 Å². The second kappa shape index (κ2) is 6.23. The summed E-state index contributed by atoms with van der Waals surface area (Å²) < 4.78 is 53.3. The number of alkyl halides is 3. The second-order valence-corrected chi connectivity index (χ2v) is 8.41. The molecule has 1 aromatic carbocycles. The van der Waals surface area contributed by atoms with Gasteiger partial charge in [-0.05, 0) is 42.4 Å². The predicted molar refractivity (Wildman–Crippen MR) is 92.0 cm³/mol. The fourth-order valence-corrected chi connectivity index (χ4v) is 4.97. The number of piperazine rings is 1. The fraction of sp³-hybridized carbons (Fsp3) is 0.556. The van der Waals surface area contributed by atoms with Crippen molar-refractivity contribution in [1.82, 2.24) is 15.5 Å². The summed E-state index contributed by atoms with van der Waals surface area (Å²) in [6.45, 7) is 0.484. The Kier molecular flexibility index (Phi) is 4.30. The van der Waals surface area contributed by atoms with E-state index in [1.165, 1.54) is 17.0 Å². The van der Waals surface area contributed by atoms with Crippen molar-refractivity contribution >= 4 is 23.5 Å². The van der Waals surface area contributed by atoms with Crippen LogP contribution in [0.5, 0.6) is 0 Å². The van der Waals surface area contributed by atoms with Gasteiger partial charge in [-0.2, -0.15) is 13.2 Å². The number of rotatable bonds is 3. The average Bonchev–Trinajstić information content (AvgIpc) is 2.52. The van der Waals surface area contributed by atoms with Crippen molar-refractivity contribution in [3.05, 3.63) is 34.6 Å². The summed E-state index contributed by atoms with van der Waals surface area (Å²) in [5.74, 6) is -0.947. The molecule has 28 heavy (non-hydrogen) atoms. The van der Waals surface area contributed by atoms with Crippen LogP contribution in [0.3, 0.4) is 0 Å². The highest BCUT2D eigenvalue weighted by Crippen LogP contribution is 2.81. The molecule has 3 aliphatic carbocycles. The SMILES string of the molecule is O=C1CN(C(=O)N[C@H](c2ccc(F)c(Cl)c2)C23CC(C(F)(F)F)(C2)C3)CCN1. The van der Waals surface area contributed by atoms with E-state index in [1.54, 1.807) is 0 Å². The molecule has 0 aromatic heterocycles. The Morgan fingerprint density at radius 2 is 1.96 bits per heavy atom. The molecule has 1 heterocycles. The number of amides is 3. The quantitative estimate of drug-likeness (QED) is 0.738. The van der Waals surface area contributed by atoms with Gasteiger partial charge in [0.1, 0.15) is 12.4 Å². The third-order valence-corrected chi connectivity index (χ3v) is 6.45. The molecule has 2 bridgehead atoms. The minimum absolute atomic E-state index is 0.0933. The number of hydrogen-bond donors (Lipinski definition) is 2. The Labute approximate surface area is 163 Å². The van der Waals surface area contributed by atoms with E-state index in [1.807, 2.05) is 0 Å². The van der Waals surface area contributed by atoms with Crippen LogP contribution in [0.1, 0.15) is 30.9 Å². The standard InChI is InChI=1S/C18H18ClF4N3O2/c19-11-5-10(1-2-12(11)20)14(16-7-17(8-16,9-16)18(21,22)23)25-15(28)26-4-3-24-13(27)6-26/h1-2,5,14H,3-4,6-9H2,(H,24,27)(H,25,28)/t14-,16?,17?/m1/s1. The highest BCUT2D eigenvalue weighted by Gasteiger charge is 2.80. The Bertz CT molecular complexity index is 825. The topological polar surface area (TPSA) is 61.4 Å². The van der Waals surface area contributed by atoms with Gasteiger partial charge in [0.15, 0.2) is 0 Å². The third kappa shape index (κ3) is 2.91. The van der Waals surface area contributed by atoms with Crippen molar-refractivity contribution in [3.63, 3.8) is 0 Å². The first-order valence-corrected chi connectivity index (χ1v) is 9.27. The molecule has 1 aromatic rings. The molecule has 152 valence electrons. The first kappa shape index (κ1) is 19.3. The van der Waals surface area contributed by atoms with Crippen molar-refractivity contribution in [2.24, 2.45) is 10.8 Å². The van der Waals surface area contributed by atoms with E-state index in [-0.39, 0.29) is 36.7 Å². The van der Waals surface area contributed by atoms with Gasteiger partial charge in [-0.15, -0.1) is 0 Å². The molecule has 0 unspecified atom stereocenters. The summed E-state index contributed by atoms with van der Waals surface area (Å²) in [6.07, 6.45) is -4.56. The Morgan fingerprint density at radius 1 is 1.29 bits per heavy atom. The largest absolute Gasteiger partial charge is 0.394 e. The predicted octanol–water partition coefficient (Wildman–Crippen LogP) is 3.39. The van der Waals surface area contributed by atoms with Crippen LogP contribution in [0.2, 0.25) is 5.02 Å². The van der Waals surface area contributed by atoms with Crippen LogP contribution in [0.25, 0.3) is 0 Å². The van der Waals surface area contributed by atoms with E-state index in [2.05, 4.69) is 10.6 Å². The lowest BCUT2D eigenvalue weighted by Crippen LogP contribution is -2.72. The molecule has 1 atom stereocenters. The second-order valence-electron chi connectivity index (χ2n) is 8.00. The maximum atomic E-state index is 13.6. The Morgan fingerprint density at radius 3 is 2.54 bits per heavy atom. The zero-order chi connectivity index (χ0) is 20.3. The molecule has 2 N–H and O–H groups in total. The van der Waals surface area contributed by atoms with E-state index in [9.17, 15) is 27.2 Å². The summed E-state index contributed by atoms with van der Waals surface area (Å²) in [5.41, 5.74) is -1.98. The molecule has 4 aliphatic rings. The number of benzene rings is 1. The summed E-state index contributed by atoms with van der Waals surface area (Å²) in [5, 5.41) is 5.22. The minimum Gasteiger partial charge on any atom is -0.353 e. The number of nitrogens with one attached hydrogen (secondary N) is 2. The van der Waals surface area contributed by atoms with E-state index in [0.29, 0.717) is 18.7 Å². The van der Waals surface area contributed by atoms with Gasteiger partial charge in [0.2, 0.25) is 5.91 Å². The number of urea groups is 1. The normalized spacial score (nSPS) is 30.0. The van der Waals surface area contributed by atoms with Crippen LogP contribution in [-0.4, -0.2) is 42.6 Å². The minimum atomic E-state index is -4.28. The lowest BCUT2D eigenvalue weighted by Gasteiger charge is -2.73. The van der Waals surface area contributed by atoms with Gasteiger partial charge in [0.05, 0.1) is 16.5 Å². The van der Waals surface area contributed by atoms with Gasteiger partial charge in [-0.1, -0.05) is 17.7 Å². The number of nitrogens with zero attached hydrogens (tertiary/aromatic N) is 1. The zero-order valence-electron chi connectivity index (χ0n) is 14.7. The Balaban J connectivity index is 1.58. The van der Waals surface area contributed by atoms with Crippen LogP contribution >= 0.6 is 11.6 Å². The van der Waals surface area contributed by atoms with Gasteiger partial charge in [0, 0.05) is 13.1 Å². The average molecular weight is 420 g/mol. The molecule has 0 spiro atoms. The van der Waals surface area contributed by atoms with Crippen molar-refractivity contribution in [2.45, 2.75) is 31.5 Å². The molecule has 1 aliphatic heterocycles. The summed E-state index contributed by atoms with van der Waals surface area (Å²) >= 11 is 5.86. The van der Waals surface area contributed by atoms with Crippen LogP contribution in [0.15, 0.2) is 18.2 Å². The third-order valence-electron chi connectivity index (χ3n) is 6.16. The summed E-state index contributed by atoms with van der Waals surface area (Å²) in [4.78, 5) is 25.5. The highest BCUT2D eigenvalue weighted by molar-refractivity contribution is 6.30. The van der Waals surface area contributed by atoms with Gasteiger partial charge in [-0.25, -0.2) is 9.18 Å². The lowest BCUT2D eigenvalue weighted by atomic mass is 9.32. The van der Waals surface area contributed by atoms with Gasteiger partial charge >= 0.3 is 12.2 Å². The number of carbonyl (C=O) groups is 2. The van der Waals surface area contributed by atoms with Gasteiger partial charge < -0.3 is 15.5 Å². The first-order valence-electron chi connectivity index (χ1n) is 8.89. The number of halogens is 5. The number of hydrogen-bond acceptors (Lipinski definition) is 2. The van der Waals surface area contributed by atoms with Crippen molar-refractivity contribution in [2.75, 3.05) is 19.6 Å². The molecule has 5 nitrogen and oxygen atoms in total. The number of carbonyl (C=O) groups excluding carboxylic acids is 2.